The van der Waals surface area contributed by atoms with E-state index in [-0.39, 0.29) is 12.4 Å². The lowest BCUT2D eigenvalue weighted by molar-refractivity contribution is 0.0758. The van der Waals surface area contributed by atoms with Gasteiger partial charge in [-0.05, 0) is 24.6 Å². The van der Waals surface area contributed by atoms with E-state index in [1.54, 1.807) is 18.2 Å². The highest BCUT2D eigenvalue weighted by Gasteiger charge is 2.12. The largest absolute Gasteiger partial charge is 0.496 e. The van der Waals surface area contributed by atoms with Gasteiger partial charge in [-0.1, -0.05) is 18.5 Å². The van der Waals surface area contributed by atoms with Crippen molar-refractivity contribution in [2.24, 2.45) is 0 Å². The maximum atomic E-state index is 11.8. The Labute approximate surface area is 100 Å². The number of ether oxygens (including phenoxy) is 2. The normalized spacial score (nSPS) is 10.2. The van der Waals surface area contributed by atoms with Crippen LogP contribution in [0.5, 0.6) is 5.75 Å². The van der Waals surface area contributed by atoms with E-state index in [1.807, 2.05) is 6.92 Å². The van der Waals surface area contributed by atoms with Gasteiger partial charge in [0.15, 0.2) is 5.78 Å². The summed E-state index contributed by atoms with van der Waals surface area (Å²) in [7, 11) is 1.52. The molecule has 0 aromatic heterocycles. The third-order valence-corrected chi connectivity index (χ3v) is 2.28. The first-order chi connectivity index (χ1) is 7.69. The highest BCUT2D eigenvalue weighted by Crippen LogP contribution is 2.23. The van der Waals surface area contributed by atoms with E-state index in [0.717, 1.165) is 6.42 Å². The molecular formula is C12H15ClO3. The van der Waals surface area contributed by atoms with Crippen molar-refractivity contribution in [1.82, 2.24) is 0 Å². The number of Topliss-reactive ketones (excluding diaryl/α,β-unsaturated/α-hetero) is 1. The Balaban J connectivity index is 2.76. The van der Waals surface area contributed by atoms with Crippen LogP contribution in [0.25, 0.3) is 0 Å². The van der Waals surface area contributed by atoms with Gasteiger partial charge in [0.05, 0.1) is 12.7 Å². The minimum Gasteiger partial charge on any atom is -0.496 e. The minimum absolute atomic E-state index is 0.0601. The van der Waals surface area contributed by atoms with E-state index < -0.39 is 0 Å². The third kappa shape index (κ3) is 3.51. The van der Waals surface area contributed by atoms with Crippen LogP contribution < -0.4 is 4.74 Å². The average molecular weight is 243 g/mol. The number of carbonyl (C=O) groups excluding carboxylic acids is 1. The fraction of sp³-hybridized carbons (Fsp3) is 0.417. The van der Waals surface area contributed by atoms with E-state index in [9.17, 15) is 4.79 Å². The van der Waals surface area contributed by atoms with Crippen LogP contribution in [0.1, 0.15) is 23.7 Å². The molecule has 3 nitrogen and oxygen atoms in total. The summed E-state index contributed by atoms with van der Waals surface area (Å²) in [6, 6.07) is 4.96. The predicted molar refractivity (Wildman–Crippen MR) is 63.4 cm³/mol. The maximum Gasteiger partial charge on any atom is 0.192 e. The fourth-order valence-electron chi connectivity index (χ4n) is 1.29. The summed E-state index contributed by atoms with van der Waals surface area (Å²) >= 11 is 5.83. The number of hydrogen-bond acceptors (Lipinski definition) is 3. The van der Waals surface area contributed by atoms with Crippen LogP contribution in [0, 0.1) is 0 Å². The molecule has 0 aliphatic carbocycles. The first kappa shape index (κ1) is 13.0. The van der Waals surface area contributed by atoms with Crippen LogP contribution in [0.3, 0.4) is 0 Å². The van der Waals surface area contributed by atoms with Gasteiger partial charge in [-0.2, -0.15) is 0 Å². The van der Waals surface area contributed by atoms with Crippen LogP contribution >= 0.6 is 11.6 Å². The van der Waals surface area contributed by atoms with E-state index >= 15 is 0 Å². The zero-order valence-corrected chi connectivity index (χ0v) is 10.2. The number of rotatable bonds is 6. The Morgan fingerprint density at radius 2 is 2.19 bits per heavy atom. The van der Waals surface area contributed by atoms with Crippen molar-refractivity contribution in [2.75, 3.05) is 20.3 Å². The van der Waals surface area contributed by atoms with E-state index in [0.29, 0.717) is 22.9 Å². The summed E-state index contributed by atoms with van der Waals surface area (Å²) in [4.78, 5) is 11.8. The van der Waals surface area contributed by atoms with Gasteiger partial charge in [0, 0.05) is 11.6 Å². The van der Waals surface area contributed by atoms with Crippen LogP contribution in [0.15, 0.2) is 18.2 Å². The quantitative estimate of drug-likeness (QED) is 0.568. The molecule has 0 amide bonds. The summed E-state index contributed by atoms with van der Waals surface area (Å²) in [6.07, 6.45) is 0.889. The first-order valence-corrected chi connectivity index (χ1v) is 5.51. The monoisotopic (exact) mass is 242 g/mol. The molecule has 0 heterocycles. The van der Waals surface area contributed by atoms with Crippen LogP contribution in [0.2, 0.25) is 5.02 Å². The molecule has 1 aromatic rings. The van der Waals surface area contributed by atoms with Gasteiger partial charge in [-0.15, -0.1) is 0 Å². The van der Waals surface area contributed by atoms with Gasteiger partial charge < -0.3 is 9.47 Å². The zero-order chi connectivity index (χ0) is 12.0. The van der Waals surface area contributed by atoms with Gasteiger partial charge >= 0.3 is 0 Å². The number of halogens is 1. The number of carbonyl (C=O) groups is 1. The SMILES string of the molecule is CCCOCC(=O)c1cc(Cl)ccc1OC. The number of ketones is 1. The topological polar surface area (TPSA) is 35.5 Å². The van der Waals surface area contributed by atoms with Crippen molar-refractivity contribution in [1.29, 1.82) is 0 Å². The Bertz CT molecular complexity index is 363. The molecule has 0 aliphatic rings. The van der Waals surface area contributed by atoms with Crippen LogP contribution in [-0.4, -0.2) is 26.1 Å². The van der Waals surface area contributed by atoms with Gasteiger partial charge in [0.2, 0.25) is 0 Å². The second kappa shape index (κ2) is 6.51. The second-order valence-electron chi connectivity index (χ2n) is 3.32. The summed E-state index contributed by atoms with van der Waals surface area (Å²) in [5, 5.41) is 0.514. The highest BCUT2D eigenvalue weighted by molar-refractivity contribution is 6.31. The molecule has 88 valence electrons. The van der Waals surface area contributed by atoms with Gasteiger partial charge in [0.25, 0.3) is 0 Å². The maximum absolute atomic E-state index is 11.8. The Hall–Kier alpha value is -1.06. The molecule has 0 saturated heterocycles. The molecule has 0 atom stereocenters. The molecule has 0 radical (unpaired) electrons. The molecule has 4 heteroatoms. The molecule has 0 fully saturated rings. The van der Waals surface area contributed by atoms with E-state index in [1.165, 1.54) is 7.11 Å². The summed E-state index contributed by atoms with van der Waals surface area (Å²) in [5.41, 5.74) is 0.464. The predicted octanol–water partition coefficient (Wildman–Crippen LogP) is 2.96. The summed E-state index contributed by atoms with van der Waals surface area (Å²) in [5.74, 6) is 0.405. The van der Waals surface area contributed by atoms with Crippen molar-refractivity contribution < 1.29 is 14.3 Å². The molecule has 0 unspecified atom stereocenters. The Morgan fingerprint density at radius 3 is 2.81 bits per heavy atom. The third-order valence-electron chi connectivity index (χ3n) is 2.04. The number of benzene rings is 1. The van der Waals surface area contributed by atoms with Crippen LogP contribution in [-0.2, 0) is 4.74 Å². The van der Waals surface area contributed by atoms with Crippen molar-refractivity contribution in [3.05, 3.63) is 28.8 Å². The molecule has 1 rings (SSSR count). The van der Waals surface area contributed by atoms with Gasteiger partial charge in [-0.3, -0.25) is 4.79 Å². The lowest BCUT2D eigenvalue weighted by Crippen LogP contribution is -2.11. The Kier molecular flexibility index (Phi) is 5.29. The molecule has 16 heavy (non-hydrogen) atoms. The average Bonchev–Trinajstić information content (AvgIpc) is 2.29. The highest BCUT2D eigenvalue weighted by atomic mass is 35.5. The minimum atomic E-state index is -0.118. The number of methoxy groups -OCH3 is 1. The molecule has 0 bridgehead atoms. The van der Waals surface area contributed by atoms with Crippen molar-refractivity contribution in [3.63, 3.8) is 0 Å². The van der Waals surface area contributed by atoms with Gasteiger partial charge in [0.1, 0.15) is 12.4 Å². The molecule has 0 aliphatic heterocycles. The lowest BCUT2D eigenvalue weighted by Gasteiger charge is -2.08. The molecule has 0 spiro atoms. The van der Waals surface area contributed by atoms with Crippen molar-refractivity contribution in [2.45, 2.75) is 13.3 Å². The van der Waals surface area contributed by atoms with Crippen molar-refractivity contribution >= 4 is 17.4 Å². The smallest absolute Gasteiger partial charge is 0.192 e. The molecule has 1 aromatic carbocycles. The Morgan fingerprint density at radius 1 is 1.44 bits per heavy atom. The first-order valence-electron chi connectivity index (χ1n) is 5.13. The standard InChI is InChI=1S/C12H15ClO3/c1-3-6-16-8-11(14)10-7-9(13)4-5-12(10)15-2/h4-5,7H,3,6,8H2,1-2H3. The van der Waals surface area contributed by atoms with Crippen LogP contribution in [0.4, 0.5) is 0 Å². The second-order valence-corrected chi connectivity index (χ2v) is 3.76. The molecular weight excluding hydrogens is 228 g/mol. The lowest BCUT2D eigenvalue weighted by atomic mass is 10.1. The molecule has 0 saturated carbocycles. The summed E-state index contributed by atoms with van der Waals surface area (Å²) < 4.78 is 10.3. The molecule has 0 N–H and O–H groups in total. The van der Waals surface area contributed by atoms with Crippen molar-refractivity contribution in [3.8, 4) is 5.75 Å². The zero-order valence-electron chi connectivity index (χ0n) is 9.46. The van der Waals surface area contributed by atoms with Gasteiger partial charge in [-0.25, -0.2) is 0 Å². The fourth-order valence-corrected chi connectivity index (χ4v) is 1.46. The summed E-state index contributed by atoms with van der Waals surface area (Å²) in [6.45, 7) is 2.63. The van der Waals surface area contributed by atoms with E-state index in [2.05, 4.69) is 0 Å². The van der Waals surface area contributed by atoms with E-state index in [4.69, 9.17) is 21.1 Å². The number of hydrogen-bond donors (Lipinski definition) is 0.